The summed E-state index contributed by atoms with van der Waals surface area (Å²) in [6.07, 6.45) is 0. The van der Waals surface area contributed by atoms with Gasteiger partial charge in [-0.15, -0.1) is 0 Å². The van der Waals surface area contributed by atoms with Crippen LogP contribution in [0, 0.1) is 0 Å². The van der Waals surface area contributed by atoms with Gasteiger partial charge < -0.3 is 5.32 Å². The summed E-state index contributed by atoms with van der Waals surface area (Å²) in [7, 11) is 0. The molecule has 1 aromatic heterocycles. The van der Waals surface area contributed by atoms with E-state index in [2.05, 4.69) is 37.1 Å². The SMILES string of the molecule is CCn1c(NNC(=O)CNC(=O)c2cccc(Br)c2)nc2ccccc2c1=O. The van der Waals surface area contributed by atoms with Crippen molar-refractivity contribution in [2.24, 2.45) is 0 Å². The topological polar surface area (TPSA) is 105 Å². The number of fused-ring (bicyclic) bond motifs is 1. The Labute approximate surface area is 169 Å². The van der Waals surface area contributed by atoms with Gasteiger partial charge in [-0.3, -0.25) is 29.8 Å². The Balaban J connectivity index is 1.64. The maximum atomic E-state index is 12.5. The Bertz CT molecular complexity index is 1100. The largest absolute Gasteiger partial charge is 0.343 e. The molecule has 0 aliphatic heterocycles. The molecule has 8 nitrogen and oxygen atoms in total. The van der Waals surface area contributed by atoms with Gasteiger partial charge in [0.2, 0.25) is 5.95 Å². The van der Waals surface area contributed by atoms with Crippen LogP contribution in [0.25, 0.3) is 10.9 Å². The molecule has 0 fully saturated rings. The van der Waals surface area contributed by atoms with Crippen LogP contribution in [0.1, 0.15) is 17.3 Å². The molecule has 0 aliphatic carbocycles. The second kappa shape index (κ2) is 8.66. The molecule has 2 amide bonds. The van der Waals surface area contributed by atoms with E-state index in [-0.39, 0.29) is 24.0 Å². The van der Waals surface area contributed by atoms with E-state index in [1.807, 2.05) is 6.92 Å². The van der Waals surface area contributed by atoms with Crippen LogP contribution in [-0.2, 0) is 11.3 Å². The monoisotopic (exact) mass is 443 g/mol. The number of carbonyl (C=O) groups excluding carboxylic acids is 2. The molecule has 0 spiro atoms. The van der Waals surface area contributed by atoms with Crippen molar-refractivity contribution in [3.8, 4) is 0 Å². The number of hydrazine groups is 1. The Morgan fingerprint density at radius 1 is 1.14 bits per heavy atom. The highest BCUT2D eigenvalue weighted by atomic mass is 79.9. The van der Waals surface area contributed by atoms with Crippen LogP contribution in [0.15, 0.2) is 57.8 Å². The van der Waals surface area contributed by atoms with Gasteiger partial charge in [0.15, 0.2) is 0 Å². The fourth-order valence-electron chi connectivity index (χ4n) is 2.62. The molecule has 0 bridgehead atoms. The second-order valence-electron chi connectivity index (χ2n) is 5.87. The number of halogens is 1. The first kappa shape index (κ1) is 19.6. The Hall–Kier alpha value is -3.20. The molecule has 0 aliphatic rings. The minimum atomic E-state index is -0.478. The molecule has 28 heavy (non-hydrogen) atoms. The van der Waals surface area contributed by atoms with Gasteiger partial charge in [-0.25, -0.2) is 4.98 Å². The zero-order valence-corrected chi connectivity index (χ0v) is 16.6. The van der Waals surface area contributed by atoms with Gasteiger partial charge in [0.1, 0.15) is 0 Å². The second-order valence-corrected chi connectivity index (χ2v) is 6.78. The van der Waals surface area contributed by atoms with Crippen LogP contribution in [0.3, 0.4) is 0 Å². The van der Waals surface area contributed by atoms with Crippen LogP contribution in [0.2, 0.25) is 0 Å². The Kier molecular flexibility index (Phi) is 6.05. The predicted octanol–water partition coefficient (Wildman–Crippen LogP) is 2.05. The molecular formula is C19H18BrN5O3. The fraction of sp³-hybridized carbons (Fsp3) is 0.158. The number of hydrogen-bond acceptors (Lipinski definition) is 5. The molecule has 2 aromatic carbocycles. The minimum absolute atomic E-state index is 0.201. The van der Waals surface area contributed by atoms with Gasteiger partial charge in [0.25, 0.3) is 17.4 Å². The van der Waals surface area contributed by atoms with E-state index >= 15 is 0 Å². The third kappa shape index (κ3) is 4.37. The summed E-state index contributed by atoms with van der Waals surface area (Å²) in [5.41, 5.74) is 5.87. The standard InChI is InChI=1S/C19H18BrN5O3/c1-2-25-18(28)14-8-3-4-9-15(14)22-19(25)24-23-16(26)11-21-17(27)12-6-5-7-13(20)10-12/h3-10H,2,11H2,1H3,(H,21,27)(H,22,24)(H,23,26). The highest BCUT2D eigenvalue weighted by Gasteiger charge is 2.11. The maximum absolute atomic E-state index is 12.5. The highest BCUT2D eigenvalue weighted by Crippen LogP contribution is 2.12. The molecule has 3 N–H and O–H groups in total. The van der Waals surface area contributed by atoms with E-state index < -0.39 is 5.91 Å². The molecule has 0 unspecified atom stereocenters. The molecule has 9 heteroatoms. The number of nitrogens with zero attached hydrogens (tertiary/aromatic N) is 2. The number of para-hydroxylation sites is 1. The number of rotatable bonds is 6. The quantitative estimate of drug-likeness (QED) is 0.505. The summed E-state index contributed by atoms with van der Waals surface area (Å²) in [6.45, 7) is 1.96. The molecule has 0 radical (unpaired) electrons. The normalized spacial score (nSPS) is 10.5. The van der Waals surface area contributed by atoms with Gasteiger partial charge in [-0.05, 0) is 37.3 Å². The number of nitrogens with one attached hydrogen (secondary N) is 3. The van der Waals surface area contributed by atoms with Crippen molar-refractivity contribution in [1.82, 2.24) is 20.3 Å². The van der Waals surface area contributed by atoms with Gasteiger partial charge in [0.05, 0.1) is 17.4 Å². The Morgan fingerprint density at radius 2 is 1.93 bits per heavy atom. The average molecular weight is 444 g/mol. The average Bonchev–Trinajstić information content (AvgIpc) is 2.70. The molecule has 0 saturated heterocycles. The molecule has 0 saturated carbocycles. The van der Waals surface area contributed by atoms with E-state index in [9.17, 15) is 14.4 Å². The molecule has 3 rings (SSSR count). The van der Waals surface area contributed by atoms with Gasteiger partial charge in [-0.2, -0.15) is 0 Å². The summed E-state index contributed by atoms with van der Waals surface area (Å²) < 4.78 is 2.19. The van der Waals surface area contributed by atoms with Crippen LogP contribution in [0.4, 0.5) is 5.95 Å². The maximum Gasteiger partial charge on any atom is 0.262 e. The van der Waals surface area contributed by atoms with Crippen LogP contribution >= 0.6 is 15.9 Å². The van der Waals surface area contributed by atoms with E-state index in [1.165, 1.54) is 4.57 Å². The number of benzene rings is 2. The lowest BCUT2D eigenvalue weighted by molar-refractivity contribution is -0.119. The lowest BCUT2D eigenvalue weighted by Crippen LogP contribution is -2.41. The summed E-state index contributed by atoms with van der Waals surface area (Å²) >= 11 is 3.29. The third-order valence-corrected chi connectivity index (χ3v) is 4.48. The van der Waals surface area contributed by atoms with Crippen molar-refractivity contribution in [3.63, 3.8) is 0 Å². The zero-order valence-electron chi connectivity index (χ0n) is 15.0. The summed E-state index contributed by atoms with van der Waals surface area (Å²) in [4.78, 5) is 41.0. The van der Waals surface area contributed by atoms with E-state index in [0.29, 0.717) is 23.0 Å². The first-order valence-electron chi connectivity index (χ1n) is 8.57. The smallest absolute Gasteiger partial charge is 0.262 e. The first-order valence-corrected chi connectivity index (χ1v) is 9.37. The summed E-state index contributed by atoms with van der Waals surface area (Å²) in [5, 5.41) is 3.03. The van der Waals surface area contributed by atoms with Crippen LogP contribution in [0.5, 0.6) is 0 Å². The lowest BCUT2D eigenvalue weighted by Gasteiger charge is -2.14. The minimum Gasteiger partial charge on any atom is -0.343 e. The fourth-order valence-corrected chi connectivity index (χ4v) is 3.02. The number of amides is 2. The van der Waals surface area contributed by atoms with Crippen molar-refractivity contribution >= 4 is 44.6 Å². The number of anilines is 1. The van der Waals surface area contributed by atoms with E-state index in [4.69, 9.17) is 0 Å². The highest BCUT2D eigenvalue weighted by molar-refractivity contribution is 9.10. The van der Waals surface area contributed by atoms with Gasteiger partial charge in [0, 0.05) is 16.6 Å². The van der Waals surface area contributed by atoms with Crippen molar-refractivity contribution in [1.29, 1.82) is 0 Å². The Morgan fingerprint density at radius 3 is 2.68 bits per heavy atom. The predicted molar refractivity (Wildman–Crippen MR) is 110 cm³/mol. The van der Waals surface area contributed by atoms with Crippen LogP contribution < -0.4 is 21.7 Å². The molecule has 144 valence electrons. The molecule has 0 atom stereocenters. The van der Waals surface area contributed by atoms with Crippen molar-refractivity contribution in [2.75, 3.05) is 12.0 Å². The lowest BCUT2D eigenvalue weighted by atomic mass is 10.2. The molecular weight excluding hydrogens is 426 g/mol. The van der Waals surface area contributed by atoms with Gasteiger partial charge in [-0.1, -0.05) is 34.1 Å². The molecule has 3 aromatic rings. The zero-order chi connectivity index (χ0) is 20.1. The number of aromatic nitrogens is 2. The number of hydrogen-bond donors (Lipinski definition) is 3. The summed E-state index contributed by atoms with van der Waals surface area (Å²) in [5.74, 6) is -0.628. The van der Waals surface area contributed by atoms with E-state index in [1.54, 1.807) is 48.5 Å². The third-order valence-electron chi connectivity index (χ3n) is 3.99. The van der Waals surface area contributed by atoms with Gasteiger partial charge >= 0.3 is 0 Å². The van der Waals surface area contributed by atoms with E-state index in [0.717, 1.165) is 4.47 Å². The van der Waals surface area contributed by atoms with Crippen molar-refractivity contribution < 1.29 is 9.59 Å². The van der Waals surface area contributed by atoms with Crippen LogP contribution in [-0.4, -0.2) is 27.9 Å². The first-order chi connectivity index (χ1) is 13.5. The number of carbonyl (C=O) groups is 2. The van der Waals surface area contributed by atoms with Crippen molar-refractivity contribution in [2.45, 2.75) is 13.5 Å². The molecule has 1 heterocycles. The van der Waals surface area contributed by atoms with Crippen molar-refractivity contribution in [3.05, 3.63) is 68.9 Å². The summed E-state index contributed by atoms with van der Waals surface area (Å²) in [6, 6.07) is 13.8.